The lowest BCUT2D eigenvalue weighted by Crippen LogP contribution is -2.30. The van der Waals surface area contributed by atoms with Gasteiger partial charge in [-0.25, -0.2) is 8.42 Å². The van der Waals surface area contributed by atoms with Crippen LogP contribution < -0.4 is 0 Å². The molecular formula is C12H24O2S. The van der Waals surface area contributed by atoms with E-state index in [-0.39, 0.29) is 5.25 Å². The summed E-state index contributed by atoms with van der Waals surface area (Å²) in [7, 11) is -2.78. The largest absolute Gasteiger partial charge is 0.229 e. The van der Waals surface area contributed by atoms with Crippen molar-refractivity contribution in [2.75, 3.05) is 5.75 Å². The molecule has 0 spiro atoms. The van der Waals surface area contributed by atoms with Crippen LogP contribution in [-0.4, -0.2) is 19.4 Å². The van der Waals surface area contributed by atoms with Crippen molar-refractivity contribution in [1.29, 1.82) is 0 Å². The van der Waals surface area contributed by atoms with Crippen molar-refractivity contribution in [3.63, 3.8) is 0 Å². The number of hydrogen-bond acceptors (Lipinski definition) is 2. The van der Waals surface area contributed by atoms with Crippen LogP contribution >= 0.6 is 0 Å². The maximum atomic E-state index is 11.9. The normalized spacial score (nSPS) is 27.5. The third-order valence-corrected chi connectivity index (χ3v) is 5.82. The van der Waals surface area contributed by atoms with Gasteiger partial charge in [0.15, 0.2) is 9.84 Å². The molecule has 1 saturated heterocycles. The lowest BCUT2D eigenvalue weighted by molar-refractivity contribution is 0.299. The van der Waals surface area contributed by atoms with Crippen molar-refractivity contribution in [3.8, 4) is 0 Å². The molecule has 1 rings (SSSR count). The minimum atomic E-state index is -2.78. The maximum Gasteiger partial charge on any atom is 0.153 e. The van der Waals surface area contributed by atoms with Gasteiger partial charge >= 0.3 is 0 Å². The molecule has 90 valence electrons. The molecule has 1 aliphatic rings. The highest BCUT2D eigenvalue weighted by molar-refractivity contribution is 7.92. The molecule has 2 nitrogen and oxygen atoms in total. The zero-order valence-corrected chi connectivity index (χ0v) is 11.2. The first-order valence-electron chi connectivity index (χ1n) is 6.06. The predicted octanol–water partition coefficient (Wildman–Crippen LogP) is 2.88. The van der Waals surface area contributed by atoms with Crippen LogP contribution in [0.2, 0.25) is 0 Å². The minimum Gasteiger partial charge on any atom is -0.229 e. The molecule has 0 bridgehead atoms. The molecule has 1 fully saturated rings. The summed E-state index contributed by atoms with van der Waals surface area (Å²) >= 11 is 0. The highest BCUT2D eigenvalue weighted by atomic mass is 32.2. The van der Waals surface area contributed by atoms with E-state index in [0.717, 1.165) is 19.3 Å². The Morgan fingerprint density at radius 1 is 1.20 bits per heavy atom. The first kappa shape index (κ1) is 13.0. The van der Waals surface area contributed by atoms with Gasteiger partial charge < -0.3 is 0 Å². The lowest BCUT2D eigenvalue weighted by atomic mass is 9.84. The van der Waals surface area contributed by atoms with E-state index in [9.17, 15) is 8.42 Å². The van der Waals surface area contributed by atoms with Gasteiger partial charge in [-0.3, -0.25) is 0 Å². The summed E-state index contributed by atoms with van der Waals surface area (Å²) in [6.07, 6.45) is 2.80. The molecule has 0 aromatic heterocycles. The van der Waals surface area contributed by atoms with Gasteiger partial charge in [0, 0.05) is 0 Å². The van der Waals surface area contributed by atoms with Crippen molar-refractivity contribution in [1.82, 2.24) is 0 Å². The van der Waals surface area contributed by atoms with Crippen molar-refractivity contribution in [2.45, 2.75) is 52.2 Å². The fourth-order valence-corrected chi connectivity index (χ4v) is 5.05. The third-order valence-electron chi connectivity index (χ3n) is 3.46. The van der Waals surface area contributed by atoms with Gasteiger partial charge in [-0.05, 0) is 37.0 Å². The first-order chi connectivity index (χ1) is 6.84. The predicted molar refractivity (Wildman–Crippen MR) is 64.6 cm³/mol. The van der Waals surface area contributed by atoms with E-state index in [0.29, 0.717) is 23.5 Å². The summed E-state index contributed by atoms with van der Waals surface area (Å²) in [6.45, 7) is 8.66. The summed E-state index contributed by atoms with van der Waals surface area (Å²) in [5, 5.41) is -0.0556. The number of sulfone groups is 1. The molecule has 2 atom stereocenters. The van der Waals surface area contributed by atoms with E-state index < -0.39 is 9.84 Å². The molecule has 15 heavy (non-hydrogen) atoms. The van der Waals surface area contributed by atoms with Crippen LogP contribution in [0.25, 0.3) is 0 Å². The summed E-state index contributed by atoms with van der Waals surface area (Å²) in [5.74, 6) is 1.84. The van der Waals surface area contributed by atoms with Crippen molar-refractivity contribution < 1.29 is 8.42 Å². The smallest absolute Gasteiger partial charge is 0.153 e. The Morgan fingerprint density at radius 2 is 1.80 bits per heavy atom. The van der Waals surface area contributed by atoms with Crippen molar-refractivity contribution >= 4 is 9.84 Å². The van der Waals surface area contributed by atoms with Crippen LogP contribution in [0, 0.1) is 17.8 Å². The quantitative estimate of drug-likeness (QED) is 0.747. The fraction of sp³-hybridized carbons (Fsp3) is 1.00. The van der Waals surface area contributed by atoms with Crippen LogP contribution in [0.5, 0.6) is 0 Å². The molecule has 1 aliphatic heterocycles. The summed E-state index contributed by atoms with van der Waals surface area (Å²) in [6, 6.07) is 0. The molecular weight excluding hydrogens is 208 g/mol. The van der Waals surface area contributed by atoms with Crippen LogP contribution in [0.3, 0.4) is 0 Å². The van der Waals surface area contributed by atoms with Gasteiger partial charge in [0.2, 0.25) is 0 Å². The molecule has 0 aromatic carbocycles. The SMILES string of the molecule is CC(C)CC(C(C)C)C1CCCS1(=O)=O. The van der Waals surface area contributed by atoms with E-state index in [1.54, 1.807) is 0 Å². The van der Waals surface area contributed by atoms with Crippen LogP contribution in [-0.2, 0) is 9.84 Å². The van der Waals surface area contributed by atoms with Gasteiger partial charge in [-0.15, -0.1) is 0 Å². The number of hydrogen-bond donors (Lipinski definition) is 0. The zero-order valence-electron chi connectivity index (χ0n) is 10.4. The fourth-order valence-electron chi connectivity index (χ4n) is 2.69. The van der Waals surface area contributed by atoms with E-state index in [1.807, 2.05) is 0 Å². The first-order valence-corrected chi connectivity index (χ1v) is 7.77. The van der Waals surface area contributed by atoms with E-state index in [2.05, 4.69) is 27.7 Å². The third kappa shape index (κ3) is 3.20. The van der Waals surface area contributed by atoms with E-state index >= 15 is 0 Å². The molecule has 0 aromatic rings. The van der Waals surface area contributed by atoms with Gasteiger partial charge in [-0.1, -0.05) is 27.7 Å². The van der Waals surface area contributed by atoms with Crippen LogP contribution in [0.4, 0.5) is 0 Å². The molecule has 0 N–H and O–H groups in total. The van der Waals surface area contributed by atoms with E-state index in [1.165, 1.54) is 0 Å². The highest BCUT2D eigenvalue weighted by Gasteiger charge is 2.38. The Labute approximate surface area is 94.4 Å². The van der Waals surface area contributed by atoms with E-state index in [4.69, 9.17) is 0 Å². The summed E-state index contributed by atoms with van der Waals surface area (Å²) in [4.78, 5) is 0. The second-order valence-electron chi connectivity index (χ2n) is 5.59. The van der Waals surface area contributed by atoms with Gasteiger partial charge in [0.1, 0.15) is 0 Å². The molecule has 3 heteroatoms. The monoisotopic (exact) mass is 232 g/mol. The van der Waals surface area contributed by atoms with Crippen molar-refractivity contribution in [3.05, 3.63) is 0 Å². The standard InChI is InChI=1S/C12H24O2S/c1-9(2)8-11(10(3)4)12-6-5-7-15(12,13)14/h9-12H,5-8H2,1-4H3. The molecule has 1 heterocycles. The Kier molecular flexibility index (Phi) is 4.21. The Bertz CT molecular complexity index is 291. The number of rotatable bonds is 4. The second-order valence-corrected chi connectivity index (χ2v) is 7.92. The Balaban J connectivity index is 2.80. The van der Waals surface area contributed by atoms with Crippen LogP contribution in [0.1, 0.15) is 47.0 Å². The molecule has 0 aliphatic carbocycles. The molecule has 0 amide bonds. The highest BCUT2D eigenvalue weighted by Crippen LogP contribution is 2.34. The van der Waals surface area contributed by atoms with Crippen LogP contribution in [0.15, 0.2) is 0 Å². The maximum absolute atomic E-state index is 11.9. The minimum absolute atomic E-state index is 0.0556. The molecule has 2 unspecified atom stereocenters. The lowest BCUT2D eigenvalue weighted by Gasteiger charge is -2.28. The van der Waals surface area contributed by atoms with Gasteiger partial charge in [-0.2, -0.15) is 0 Å². The zero-order chi connectivity index (χ0) is 11.6. The van der Waals surface area contributed by atoms with Crippen molar-refractivity contribution in [2.24, 2.45) is 17.8 Å². The second kappa shape index (κ2) is 4.86. The molecule has 0 saturated carbocycles. The summed E-state index contributed by atoms with van der Waals surface area (Å²) < 4.78 is 23.8. The van der Waals surface area contributed by atoms with Gasteiger partial charge in [0.05, 0.1) is 11.0 Å². The topological polar surface area (TPSA) is 34.1 Å². The van der Waals surface area contributed by atoms with Gasteiger partial charge in [0.25, 0.3) is 0 Å². The summed E-state index contributed by atoms with van der Waals surface area (Å²) in [5.41, 5.74) is 0. The Hall–Kier alpha value is -0.0500. The average Bonchev–Trinajstić information content (AvgIpc) is 2.40. The Morgan fingerprint density at radius 3 is 2.13 bits per heavy atom. The average molecular weight is 232 g/mol. The molecule has 0 radical (unpaired) electrons.